The number of halogens is 1. The van der Waals surface area contributed by atoms with Gasteiger partial charge in [0.2, 0.25) is 5.91 Å². The number of benzene rings is 2. The molecule has 0 radical (unpaired) electrons. The van der Waals surface area contributed by atoms with E-state index in [1.165, 1.54) is 12.1 Å². The van der Waals surface area contributed by atoms with Crippen LogP contribution in [0.3, 0.4) is 0 Å². The van der Waals surface area contributed by atoms with Gasteiger partial charge in [-0.15, -0.1) is 0 Å². The van der Waals surface area contributed by atoms with E-state index < -0.39 is 17.6 Å². The van der Waals surface area contributed by atoms with Crippen molar-refractivity contribution in [2.45, 2.75) is 18.8 Å². The van der Waals surface area contributed by atoms with Gasteiger partial charge in [-0.1, -0.05) is 12.1 Å². The number of nitrogens with zero attached hydrogens (tertiary/aromatic N) is 2. The lowest BCUT2D eigenvalue weighted by atomic mass is 9.87. The van der Waals surface area contributed by atoms with Crippen LogP contribution >= 0.6 is 0 Å². The lowest BCUT2D eigenvalue weighted by molar-refractivity contribution is -0.134. The van der Waals surface area contributed by atoms with Crippen molar-refractivity contribution in [3.8, 4) is 11.5 Å². The van der Waals surface area contributed by atoms with Crippen molar-refractivity contribution in [3.05, 3.63) is 59.4 Å². The minimum absolute atomic E-state index is 0.0214. The third-order valence-electron chi connectivity index (χ3n) is 6.28. The fourth-order valence-electron chi connectivity index (χ4n) is 4.64. The molecule has 0 unspecified atom stereocenters. The Morgan fingerprint density at radius 3 is 2.39 bits per heavy atom. The Balaban J connectivity index is 1.70. The molecule has 2 aliphatic rings. The van der Waals surface area contributed by atoms with E-state index in [1.54, 1.807) is 37.3 Å². The maximum atomic E-state index is 14.3. The minimum atomic E-state index is -0.558. The van der Waals surface area contributed by atoms with Crippen LogP contribution in [0.5, 0.6) is 11.5 Å². The fourth-order valence-corrected chi connectivity index (χ4v) is 4.64. The number of likely N-dealkylation sites (tertiary alicyclic amines) is 2. The second-order valence-corrected chi connectivity index (χ2v) is 8.04. The van der Waals surface area contributed by atoms with Gasteiger partial charge in [0.15, 0.2) is 0 Å². The van der Waals surface area contributed by atoms with Gasteiger partial charge in [-0.05, 0) is 43.2 Å². The number of carbonyl (C=O) groups excluding carboxylic acids is 2. The average Bonchev–Trinajstić information content (AvgIpc) is 3.48. The Hall–Kier alpha value is -3.09. The molecule has 2 amide bonds. The summed E-state index contributed by atoms with van der Waals surface area (Å²) >= 11 is 0. The molecule has 2 aromatic carbocycles. The van der Waals surface area contributed by atoms with Crippen LogP contribution in [0.15, 0.2) is 42.5 Å². The van der Waals surface area contributed by atoms with Gasteiger partial charge in [-0.25, -0.2) is 4.39 Å². The lowest BCUT2D eigenvalue weighted by Crippen LogP contribution is -2.37. The average molecular weight is 426 g/mol. The molecule has 7 heteroatoms. The van der Waals surface area contributed by atoms with Crippen LogP contribution in [-0.4, -0.2) is 62.0 Å². The summed E-state index contributed by atoms with van der Waals surface area (Å²) in [5.41, 5.74) is 0.844. The van der Waals surface area contributed by atoms with E-state index in [1.807, 2.05) is 17.0 Å². The van der Waals surface area contributed by atoms with E-state index in [0.717, 1.165) is 31.5 Å². The van der Waals surface area contributed by atoms with Gasteiger partial charge in [-0.3, -0.25) is 9.59 Å². The Bertz CT molecular complexity index is 974. The van der Waals surface area contributed by atoms with E-state index >= 15 is 0 Å². The second-order valence-electron chi connectivity index (χ2n) is 8.04. The van der Waals surface area contributed by atoms with Crippen molar-refractivity contribution in [1.82, 2.24) is 9.80 Å². The summed E-state index contributed by atoms with van der Waals surface area (Å²) in [4.78, 5) is 30.0. The standard InChI is InChI=1S/C24H27FN2O4/c1-30-16-9-10-22(31-2)18(13-16)19-14-27(23(28)17-7-3-4-8-21(17)25)15-20(19)24(29)26-11-5-6-12-26/h3-4,7-10,13,19-20H,5-6,11-12,14-15H2,1-2H3/t19-,20+/m1/s1. The number of hydrogen-bond acceptors (Lipinski definition) is 4. The van der Waals surface area contributed by atoms with Crippen LogP contribution in [0.2, 0.25) is 0 Å². The first-order chi connectivity index (χ1) is 15.0. The Kier molecular flexibility index (Phi) is 6.11. The summed E-state index contributed by atoms with van der Waals surface area (Å²) in [5.74, 6) is -0.314. The van der Waals surface area contributed by atoms with Crippen molar-refractivity contribution in [2.24, 2.45) is 5.92 Å². The predicted molar refractivity (Wildman–Crippen MR) is 114 cm³/mol. The van der Waals surface area contributed by atoms with E-state index in [4.69, 9.17) is 9.47 Å². The third-order valence-corrected chi connectivity index (χ3v) is 6.28. The number of amides is 2. The molecule has 0 saturated carbocycles. The zero-order valence-corrected chi connectivity index (χ0v) is 17.8. The maximum absolute atomic E-state index is 14.3. The first kappa shape index (κ1) is 21.2. The molecule has 0 spiro atoms. The molecule has 6 nitrogen and oxygen atoms in total. The Labute approximate surface area is 181 Å². The van der Waals surface area contributed by atoms with Crippen LogP contribution in [0.4, 0.5) is 4.39 Å². The van der Waals surface area contributed by atoms with Crippen LogP contribution in [0.1, 0.15) is 34.7 Å². The molecule has 164 valence electrons. The van der Waals surface area contributed by atoms with E-state index in [0.29, 0.717) is 18.0 Å². The molecule has 31 heavy (non-hydrogen) atoms. The summed E-state index contributed by atoms with van der Waals surface area (Å²) in [6, 6.07) is 11.4. The first-order valence-corrected chi connectivity index (χ1v) is 10.6. The summed E-state index contributed by atoms with van der Waals surface area (Å²) < 4.78 is 25.2. The molecule has 0 aromatic heterocycles. The summed E-state index contributed by atoms with van der Waals surface area (Å²) in [6.45, 7) is 2.02. The van der Waals surface area contributed by atoms with Crippen LogP contribution in [0, 0.1) is 11.7 Å². The van der Waals surface area contributed by atoms with Crippen LogP contribution in [0.25, 0.3) is 0 Å². The topological polar surface area (TPSA) is 59.1 Å². The molecule has 0 N–H and O–H groups in total. The maximum Gasteiger partial charge on any atom is 0.256 e. The minimum Gasteiger partial charge on any atom is -0.497 e. The zero-order chi connectivity index (χ0) is 22.0. The number of ether oxygens (including phenoxy) is 2. The van der Waals surface area contributed by atoms with Gasteiger partial charge in [0, 0.05) is 37.7 Å². The highest BCUT2D eigenvalue weighted by Crippen LogP contribution is 2.41. The van der Waals surface area contributed by atoms with Gasteiger partial charge < -0.3 is 19.3 Å². The molecule has 2 fully saturated rings. The smallest absolute Gasteiger partial charge is 0.256 e. The second kappa shape index (κ2) is 8.96. The van der Waals surface area contributed by atoms with Crippen molar-refractivity contribution in [1.29, 1.82) is 0 Å². The van der Waals surface area contributed by atoms with Gasteiger partial charge in [-0.2, -0.15) is 0 Å². The summed E-state index contributed by atoms with van der Waals surface area (Å²) in [7, 11) is 3.17. The van der Waals surface area contributed by atoms with Crippen molar-refractivity contribution >= 4 is 11.8 Å². The van der Waals surface area contributed by atoms with E-state index in [9.17, 15) is 14.0 Å². The Morgan fingerprint density at radius 2 is 1.71 bits per heavy atom. The molecule has 2 heterocycles. The molecule has 0 bridgehead atoms. The van der Waals surface area contributed by atoms with Crippen molar-refractivity contribution < 1.29 is 23.5 Å². The number of methoxy groups -OCH3 is 2. The first-order valence-electron chi connectivity index (χ1n) is 10.6. The monoisotopic (exact) mass is 426 g/mol. The van der Waals surface area contributed by atoms with Gasteiger partial charge >= 0.3 is 0 Å². The number of rotatable bonds is 5. The largest absolute Gasteiger partial charge is 0.497 e. The fraction of sp³-hybridized carbons (Fsp3) is 0.417. The summed E-state index contributed by atoms with van der Waals surface area (Å²) in [6.07, 6.45) is 1.98. The molecule has 2 atom stereocenters. The molecule has 2 saturated heterocycles. The van der Waals surface area contributed by atoms with E-state index in [2.05, 4.69) is 0 Å². The molecule has 4 rings (SSSR count). The lowest BCUT2D eigenvalue weighted by Gasteiger charge is -2.25. The highest BCUT2D eigenvalue weighted by atomic mass is 19.1. The zero-order valence-electron chi connectivity index (χ0n) is 17.8. The van der Waals surface area contributed by atoms with E-state index in [-0.39, 0.29) is 23.9 Å². The van der Waals surface area contributed by atoms with Crippen LogP contribution in [-0.2, 0) is 4.79 Å². The molecule has 0 aliphatic carbocycles. The molecular weight excluding hydrogens is 399 g/mol. The predicted octanol–water partition coefficient (Wildman–Crippen LogP) is 3.32. The van der Waals surface area contributed by atoms with Gasteiger partial charge in [0.05, 0.1) is 25.7 Å². The van der Waals surface area contributed by atoms with Crippen LogP contribution < -0.4 is 9.47 Å². The normalized spacial score (nSPS) is 20.7. The van der Waals surface area contributed by atoms with Crippen molar-refractivity contribution in [3.63, 3.8) is 0 Å². The van der Waals surface area contributed by atoms with Crippen molar-refractivity contribution in [2.75, 3.05) is 40.4 Å². The summed E-state index contributed by atoms with van der Waals surface area (Å²) in [5, 5.41) is 0. The Morgan fingerprint density at radius 1 is 0.968 bits per heavy atom. The molecular formula is C24H27FN2O4. The molecule has 2 aliphatic heterocycles. The highest BCUT2D eigenvalue weighted by molar-refractivity contribution is 5.95. The van der Waals surface area contributed by atoms with Gasteiger partial charge in [0.25, 0.3) is 5.91 Å². The number of carbonyl (C=O) groups is 2. The highest BCUT2D eigenvalue weighted by Gasteiger charge is 2.44. The quantitative estimate of drug-likeness (QED) is 0.736. The SMILES string of the molecule is COc1ccc(OC)c([C@H]2CN(C(=O)c3ccccc3F)C[C@@H]2C(=O)N2CCCC2)c1. The number of hydrogen-bond donors (Lipinski definition) is 0. The third kappa shape index (κ3) is 4.09. The van der Waals surface area contributed by atoms with Gasteiger partial charge in [0.1, 0.15) is 17.3 Å². The molecule has 2 aromatic rings.